The van der Waals surface area contributed by atoms with Crippen LogP contribution in [0.4, 0.5) is 0 Å². The lowest BCUT2D eigenvalue weighted by molar-refractivity contribution is -0.143. The molecule has 1 aliphatic heterocycles. The van der Waals surface area contributed by atoms with Gasteiger partial charge >= 0.3 is 5.97 Å². The van der Waals surface area contributed by atoms with Crippen LogP contribution in [0.25, 0.3) is 0 Å². The van der Waals surface area contributed by atoms with Crippen LogP contribution < -0.4 is 24.3 Å². The van der Waals surface area contributed by atoms with Crippen molar-refractivity contribution in [2.24, 2.45) is 0 Å². The summed E-state index contributed by atoms with van der Waals surface area (Å²) in [5.74, 6) is 0.682. The molecule has 1 heterocycles. The average molecular weight is 522 g/mol. The molecule has 8 heteroatoms. The standard InChI is InChI=1S/C30H35NO7/c1-16(2)38-30(33)25-17(3)31-21-14-18(19-10-8-9-11-23(19)34-4)15-22(32)27(21)26(25)20-12-13-24(35-5)29(37-7)28(20)36-6/h8-13,16,18,26,31H,14-15H2,1-7H3/t18-,26-/m0/s1. The second-order valence-corrected chi connectivity index (χ2v) is 9.64. The second kappa shape index (κ2) is 11.2. The minimum Gasteiger partial charge on any atom is -0.496 e. The number of ether oxygens (including phenoxy) is 5. The minimum absolute atomic E-state index is 0.0566. The topological polar surface area (TPSA) is 92.3 Å². The van der Waals surface area contributed by atoms with Crippen molar-refractivity contribution in [3.63, 3.8) is 0 Å². The lowest BCUT2D eigenvalue weighted by atomic mass is 9.71. The Morgan fingerprint density at radius 1 is 0.868 bits per heavy atom. The molecule has 1 N–H and O–H groups in total. The number of allylic oxidation sites excluding steroid dienone is 3. The molecule has 0 saturated heterocycles. The van der Waals surface area contributed by atoms with E-state index in [0.717, 1.165) is 17.0 Å². The van der Waals surface area contributed by atoms with Gasteiger partial charge in [0.2, 0.25) is 5.75 Å². The van der Waals surface area contributed by atoms with Crippen molar-refractivity contribution in [1.29, 1.82) is 0 Å². The van der Waals surface area contributed by atoms with E-state index < -0.39 is 11.9 Å². The number of benzene rings is 2. The maximum absolute atomic E-state index is 14.0. The fraction of sp³-hybridized carbons (Fsp3) is 0.400. The van der Waals surface area contributed by atoms with E-state index in [2.05, 4.69) is 5.32 Å². The lowest BCUT2D eigenvalue weighted by Crippen LogP contribution is -2.36. The van der Waals surface area contributed by atoms with E-state index in [1.165, 1.54) is 14.2 Å². The molecule has 0 amide bonds. The molecule has 0 spiro atoms. The van der Waals surface area contributed by atoms with Gasteiger partial charge in [-0.15, -0.1) is 0 Å². The zero-order valence-corrected chi connectivity index (χ0v) is 23.0. The third kappa shape index (κ3) is 4.83. The van der Waals surface area contributed by atoms with Gasteiger partial charge in [-0.3, -0.25) is 4.79 Å². The number of nitrogens with one attached hydrogen (secondary N) is 1. The zero-order chi connectivity index (χ0) is 27.6. The molecule has 0 radical (unpaired) electrons. The first-order chi connectivity index (χ1) is 18.2. The Kier molecular flexibility index (Phi) is 7.99. The van der Waals surface area contributed by atoms with Crippen LogP contribution in [0.3, 0.4) is 0 Å². The lowest BCUT2D eigenvalue weighted by Gasteiger charge is -2.37. The van der Waals surface area contributed by atoms with Crippen molar-refractivity contribution in [2.45, 2.75) is 51.6 Å². The van der Waals surface area contributed by atoms with Crippen LogP contribution in [-0.4, -0.2) is 46.3 Å². The Balaban J connectivity index is 1.91. The highest BCUT2D eigenvalue weighted by molar-refractivity contribution is 6.04. The Bertz CT molecular complexity index is 1310. The first-order valence-corrected chi connectivity index (χ1v) is 12.6. The van der Waals surface area contributed by atoms with Crippen molar-refractivity contribution in [3.05, 3.63) is 70.1 Å². The summed E-state index contributed by atoms with van der Waals surface area (Å²) in [5.41, 5.74) is 3.90. The van der Waals surface area contributed by atoms with Crippen LogP contribution in [0.1, 0.15) is 56.6 Å². The predicted octanol–water partition coefficient (Wildman–Crippen LogP) is 5.03. The summed E-state index contributed by atoms with van der Waals surface area (Å²) >= 11 is 0. The Labute approximate surface area is 223 Å². The van der Waals surface area contributed by atoms with Crippen molar-refractivity contribution >= 4 is 11.8 Å². The molecule has 8 nitrogen and oxygen atoms in total. The number of rotatable bonds is 8. The summed E-state index contributed by atoms with van der Waals surface area (Å²) in [5, 5.41) is 3.38. The van der Waals surface area contributed by atoms with E-state index in [1.54, 1.807) is 34.1 Å². The van der Waals surface area contributed by atoms with Crippen LogP contribution in [0, 0.1) is 0 Å². The van der Waals surface area contributed by atoms with E-state index in [1.807, 2.05) is 37.3 Å². The monoisotopic (exact) mass is 521 g/mol. The summed E-state index contributed by atoms with van der Waals surface area (Å²) in [6.45, 7) is 5.42. The highest BCUT2D eigenvalue weighted by Crippen LogP contribution is 2.51. The summed E-state index contributed by atoms with van der Waals surface area (Å²) in [6, 6.07) is 11.3. The number of dihydropyridines is 1. The van der Waals surface area contributed by atoms with Gasteiger partial charge in [-0.05, 0) is 44.9 Å². The van der Waals surface area contributed by atoms with E-state index >= 15 is 0 Å². The molecule has 4 rings (SSSR count). The quantitative estimate of drug-likeness (QED) is 0.484. The van der Waals surface area contributed by atoms with E-state index in [-0.39, 0.29) is 24.2 Å². The molecule has 1 aliphatic carbocycles. The number of para-hydroxylation sites is 1. The molecule has 202 valence electrons. The molecule has 38 heavy (non-hydrogen) atoms. The first kappa shape index (κ1) is 27.1. The van der Waals surface area contributed by atoms with Gasteiger partial charge in [-0.1, -0.05) is 24.3 Å². The molecule has 0 bridgehead atoms. The van der Waals surface area contributed by atoms with Gasteiger partial charge < -0.3 is 29.0 Å². The van der Waals surface area contributed by atoms with Crippen LogP contribution in [0.2, 0.25) is 0 Å². The smallest absolute Gasteiger partial charge is 0.337 e. The summed E-state index contributed by atoms with van der Waals surface area (Å²) < 4.78 is 28.1. The number of hydrogen-bond acceptors (Lipinski definition) is 8. The number of carbonyl (C=O) groups is 2. The zero-order valence-electron chi connectivity index (χ0n) is 23.0. The number of Topliss-reactive ketones (excluding diaryl/α,β-unsaturated/α-hetero) is 1. The Morgan fingerprint density at radius 2 is 1.55 bits per heavy atom. The van der Waals surface area contributed by atoms with Gasteiger partial charge in [-0.25, -0.2) is 4.79 Å². The SMILES string of the molecule is COc1ccccc1[C@@H]1CC(=O)C2=C(C1)NC(C)=C(C(=O)OC(C)C)[C@@H]2c1ccc(OC)c(OC)c1OC. The van der Waals surface area contributed by atoms with Gasteiger partial charge in [-0.2, -0.15) is 0 Å². The molecular formula is C30H35NO7. The van der Waals surface area contributed by atoms with Crippen LogP contribution in [0.5, 0.6) is 23.0 Å². The summed E-state index contributed by atoms with van der Waals surface area (Å²) in [6.07, 6.45) is 0.527. The summed E-state index contributed by atoms with van der Waals surface area (Å²) in [4.78, 5) is 27.4. The fourth-order valence-electron chi connectivity index (χ4n) is 5.47. The first-order valence-electron chi connectivity index (χ1n) is 12.6. The Morgan fingerprint density at radius 3 is 2.18 bits per heavy atom. The second-order valence-electron chi connectivity index (χ2n) is 9.64. The number of esters is 1. The number of hydrogen-bond donors (Lipinski definition) is 1. The van der Waals surface area contributed by atoms with Crippen LogP contribution in [-0.2, 0) is 14.3 Å². The third-order valence-corrected chi connectivity index (χ3v) is 7.01. The van der Waals surface area contributed by atoms with Crippen molar-refractivity contribution in [3.8, 4) is 23.0 Å². The molecule has 2 aromatic carbocycles. The maximum Gasteiger partial charge on any atom is 0.337 e. The number of ketones is 1. The average Bonchev–Trinajstić information content (AvgIpc) is 2.90. The van der Waals surface area contributed by atoms with E-state index in [4.69, 9.17) is 23.7 Å². The molecular weight excluding hydrogens is 486 g/mol. The predicted molar refractivity (Wildman–Crippen MR) is 143 cm³/mol. The molecule has 0 unspecified atom stereocenters. The van der Waals surface area contributed by atoms with E-state index in [0.29, 0.717) is 46.1 Å². The highest BCUT2D eigenvalue weighted by Gasteiger charge is 2.43. The molecule has 0 fully saturated rings. The molecule has 2 atom stereocenters. The fourth-order valence-corrected chi connectivity index (χ4v) is 5.47. The third-order valence-electron chi connectivity index (χ3n) is 7.01. The molecule has 0 saturated carbocycles. The van der Waals surface area contributed by atoms with Gasteiger partial charge in [0.1, 0.15) is 5.75 Å². The van der Waals surface area contributed by atoms with Crippen LogP contribution >= 0.6 is 0 Å². The van der Waals surface area contributed by atoms with Crippen molar-refractivity contribution < 1.29 is 33.3 Å². The van der Waals surface area contributed by atoms with Crippen molar-refractivity contribution in [1.82, 2.24) is 5.32 Å². The Hall–Kier alpha value is -3.94. The summed E-state index contributed by atoms with van der Waals surface area (Å²) in [7, 11) is 6.22. The molecule has 2 aliphatic rings. The number of methoxy groups -OCH3 is 4. The largest absolute Gasteiger partial charge is 0.496 e. The van der Waals surface area contributed by atoms with Gasteiger partial charge in [0.05, 0.1) is 46.0 Å². The van der Waals surface area contributed by atoms with Gasteiger partial charge in [0.25, 0.3) is 0 Å². The molecule has 2 aromatic rings. The number of carbonyl (C=O) groups excluding carboxylic acids is 2. The highest BCUT2D eigenvalue weighted by atomic mass is 16.5. The van der Waals surface area contributed by atoms with Crippen LogP contribution in [0.15, 0.2) is 58.9 Å². The maximum atomic E-state index is 14.0. The van der Waals surface area contributed by atoms with Gasteiger partial charge in [0.15, 0.2) is 17.3 Å². The molecule has 0 aromatic heterocycles. The van der Waals surface area contributed by atoms with E-state index in [9.17, 15) is 9.59 Å². The van der Waals surface area contributed by atoms with Gasteiger partial charge in [0, 0.05) is 34.9 Å². The minimum atomic E-state index is -0.710. The normalized spacial score (nSPS) is 19.1. The van der Waals surface area contributed by atoms with Crippen molar-refractivity contribution in [2.75, 3.05) is 28.4 Å².